The fourth-order valence-corrected chi connectivity index (χ4v) is 3.48. The van der Waals surface area contributed by atoms with E-state index in [1.54, 1.807) is 7.11 Å². The second-order valence-electron chi connectivity index (χ2n) is 6.42. The summed E-state index contributed by atoms with van der Waals surface area (Å²) in [6.07, 6.45) is 0.878. The number of hydrogen-bond donors (Lipinski definition) is 0. The van der Waals surface area contributed by atoms with Gasteiger partial charge in [0.1, 0.15) is 5.75 Å². The molecule has 0 bridgehead atoms. The molecule has 1 aromatic heterocycles. The van der Waals surface area contributed by atoms with Gasteiger partial charge in [-0.05, 0) is 30.2 Å². The Bertz CT molecular complexity index is 1030. The van der Waals surface area contributed by atoms with E-state index in [2.05, 4.69) is 79.2 Å². The van der Waals surface area contributed by atoms with Crippen LogP contribution in [0.2, 0.25) is 0 Å². The summed E-state index contributed by atoms with van der Waals surface area (Å²) in [6.45, 7) is 2.12. The molecule has 4 rings (SSSR count). The summed E-state index contributed by atoms with van der Waals surface area (Å²) in [7, 11) is 3.87. The van der Waals surface area contributed by atoms with E-state index < -0.39 is 0 Å². The van der Waals surface area contributed by atoms with Crippen molar-refractivity contribution < 1.29 is 4.74 Å². The predicted molar refractivity (Wildman–Crippen MR) is 101 cm³/mol. The summed E-state index contributed by atoms with van der Waals surface area (Å²) in [5, 5.41) is 2.58. The first-order chi connectivity index (χ1) is 11.7. The molecule has 0 saturated carbocycles. The van der Waals surface area contributed by atoms with Crippen LogP contribution in [0.25, 0.3) is 21.8 Å². The fraction of sp³-hybridized carbons (Fsp3) is 0.182. The molecule has 0 unspecified atom stereocenters. The Balaban J connectivity index is 1.91. The number of para-hydroxylation sites is 1. The largest absolute Gasteiger partial charge is 0.496 e. The Morgan fingerprint density at radius 2 is 1.62 bits per heavy atom. The molecule has 0 radical (unpaired) electrons. The zero-order valence-electron chi connectivity index (χ0n) is 14.3. The van der Waals surface area contributed by atoms with Crippen molar-refractivity contribution in [3.05, 3.63) is 77.4 Å². The highest BCUT2D eigenvalue weighted by atomic mass is 16.5. The molecule has 3 aromatic carbocycles. The lowest BCUT2D eigenvalue weighted by Crippen LogP contribution is -1.95. The Morgan fingerprint density at radius 1 is 0.875 bits per heavy atom. The second-order valence-corrected chi connectivity index (χ2v) is 6.42. The van der Waals surface area contributed by atoms with E-state index in [0.717, 1.165) is 12.2 Å². The average molecular weight is 315 g/mol. The quantitative estimate of drug-likeness (QED) is 0.504. The zero-order valence-corrected chi connectivity index (χ0v) is 14.3. The van der Waals surface area contributed by atoms with Crippen LogP contribution in [0.5, 0.6) is 5.75 Å². The molecule has 0 amide bonds. The van der Waals surface area contributed by atoms with Crippen LogP contribution < -0.4 is 4.74 Å². The van der Waals surface area contributed by atoms with Crippen molar-refractivity contribution in [3.8, 4) is 5.75 Å². The number of nitrogens with zero attached hydrogens (tertiary/aromatic N) is 1. The molecule has 4 aromatic rings. The highest BCUT2D eigenvalue weighted by Crippen LogP contribution is 2.34. The molecule has 2 heteroatoms. The number of hydrogen-bond acceptors (Lipinski definition) is 1. The number of benzene rings is 3. The van der Waals surface area contributed by atoms with Crippen LogP contribution in [-0.4, -0.2) is 11.7 Å². The highest BCUT2D eigenvalue weighted by molar-refractivity contribution is 6.08. The van der Waals surface area contributed by atoms with Gasteiger partial charge in [0.25, 0.3) is 0 Å². The maximum Gasteiger partial charge on any atom is 0.124 e. The van der Waals surface area contributed by atoms with Gasteiger partial charge in [-0.25, -0.2) is 0 Å². The Labute approximate surface area is 142 Å². The van der Waals surface area contributed by atoms with E-state index in [-0.39, 0.29) is 0 Å². The van der Waals surface area contributed by atoms with Gasteiger partial charge < -0.3 is 9.30 Å². The average Bonchev–Trinajstić information content (AvgIpc) is 2.89. The second kappa shape index (κ2) is 5.72. The molecule has 0 spiro atoms. The summed E-state index contributed by atoms with van der Waals surface area (Å²) in [5.41, 5.74) is 6.28. The summed E-state index contributed by atoms with van der Waals surface area (Å²) < 4.78 is 7.93. The van der Waals surface area contributed by atoms with Gasteiger partial charge in [-0.2, -0.15) is 0 Å². The first kappa shape index (κ1) is 14.8. The van der Waals surface area contributed by atoms with E-state index in [9.17, 15) is 0 Å². The molecule has 0 atom stereocenters. The van der Waals surface area contributed by atoms with Crippen molar-refractivity contribution in [1.29, 1.82) is 0 Å². The summed E-state index contributed by atoms with van der Waals surface area (Å²) in [5.74, 6) is 0.953. The molecule has 120 valence electrons. The Kier molecular flexibility index (Phi) is 3.53. The maximum absolute atomic E-state index is 5.69. The van der Waals surface area contributed by atoms with Crippen molar-refractivity contribution in [2.45, 2.75) is 13.3 Å². The van der Waals surface area contributed by atoms with E-state index in [0.29, 0.717) is 0 Å². The molecular formula is C22H21NO. The summed E-state index contributed by atoms with van der Waals surface area (Å²) in [4.78, 5) is 0. The highest BCUT2D eigenvalue weighted by Gasteiger charge is 2.13. The number of ether oxygens (including phenoxy) is 1. The minimum Gasteiger partial charge on any atom is -0.496 e. The molecule has 0 N–H and O–H groups in total. The van der Waals surface area contributed by atoms with Crippen LogP contribution in [-0.2, 0) is 13.5 Å². The van der Waals surface area contributed by atoms with Gasteiger partial charge in [-0.1, -0.05) is 48.0 Å². The molecule has 0 aliphatic rings. The van der Waals surface area contributed by atoms with Gasteiger partial charge in [-0.3, -0.25) is 0 Å². The maximum atomic E-state index is 5.69. The molecule has 1 heterocycles. The minimum atomic E-state index is 0.878. The van der Waals surface area contributed by atoms with Crippen molar-refractivity contribution >= 4 is 21.8 Å². The van der Waals surface area contributed by atoms with Gasteiger partial charge in [0, 0.05) is 35.8 Å². The molecule has 24 heavy (non-hydrogen) atoms. The molecule has 0 saturated heterocycles. The Hall–Kier alpha value is -2.74. The first-order valence-corrected chi connectivity index (χ1v) is 8.27. The predicted octanol–water partition coefficient (Wildman–Crippen LogP) is 5.24. The smallest absolute Gasteiger partial charge is 0.124 e. The van der Waals surface area contributed by atoms with E-state index in [4.69, 9.17) is 4.74 Å². The lowest BCUT2D eigenvalue weighted by atomic mass is 10.0. The van der Waals surface area contributed by atoms with Gasteiger partial charge in [0.15, 0.2) is 0 Å². The lowest BCUT2D eigenvalue weighted by molar-refractivity contribution is 0.411. The Morgan fingerprint density at radius 3 is 2.38 bits per heavy atom. The minimum absolute atomic E-state index is 0.878. The third-order valence-corrected chi connectivity index (χ3v) is 4.83. The van der Waals surface area contributed by atoms with E-state index in [1.807, 2.05) is 0 Å². The standard InChI is InChI=1S/C22H21NO/c1-15-8-10-16(11-9-15)12-17-13-19-18-6-4-5-7-20(18)23(2)21(19)14-22(17)24-3/h4-11,13-14H,12H2,1-3H3. The SMILES string of the molecule is COc1cc2c(cc1Cc1ccc(C)cc1)c1ccccc1n2C. The molecular weight excluding hydrogens is 294 g/mol. The summed E-state index contributed by atoms with van der Waals surface area (Å²) >= 11 is 0. The number of rotatable bonds is 3. The third-order valence-electron chi connectivity index (χ3n) is 4.83. The van der Waals surface area contributed by atoms with Crippen molar-refractivity contribution in [2.24, 2.45) is 7.05 Å². The van der Waals surface area contributed by atoms with Gasteiger partial charge in [-0.15, -0.1) is 0 Å². The first-order valence-electron chi connectivity index (χ1n) is 8.27. The van der Waals surface area contributed by atoms with Gasteiger partial charge in [0.2, 0.25) is 0 Å². The van der Waals surface area contributed by atoms with E-state index in [1.165, 1.54) is 38.5 Å². The normalized spacial score (nSPS) is 11.3. The van der Waals surface area contributed by atoms with Crippen LogP contribution in [0, 0.1) is 6.92 Å². The molecule has 0 fully saturated rings. The number of fused-ring (bicyclic) bond motifs is 3. The monoisotopic (exact) mass is 315 g/mol. The van der Waals surface area contributed by atoms with Gasteiger partial charge in [0.05, 0.1) is 12.6 Å². The lowest BCUT2D eigenvalue weighted by Gasteiger charge is -2.10. The molecule has 2 nitrogen and oxygen atoms in total. The molecule has 0 aliphatic carbocycles. The van der Waals surface area contributed by atoms with Crippen LogP contribution in [0.1, 0.15) is 16.7 Å². The number of aromatic nitrogens is 1. The zero-order chi connectivity index (χ0) is 16.7. The molecule has 0 aliphatic heterocycles. The summed E-state index contributed by atoms with van der Waals surface area (Å²) in [6, 6.07) is 21.7. The van der Waals surface area contributed by atoms with Crippen LogP contribution in [0.15, 0.2) is 60.7 Å². The topological polar surface area (TPSA) is 14.2 Å². The number of aryl methyl sites for hydroxylation is 2. The number of methoxy groups -OCH3 is 1. The van der Waals surface area contributed by atoms with Gasteiger partial charge >= 0.3 is 0 Å². The van der Waals surface area contributed by atoms with Crippen LogP contribution in [0.4, 0.5) is 0 Å². The van der Waals surface area contributed by atoms with Crippen molar-refractivity contribution in [3.63, 3.8) is 0 Å². The van der Waals surface area contributed by atoms with Crippen LogP contribution in [0.3, 0.4) is 0 Å². The fourth-order valence-electron chi connectivity index (χ4n) is 3.48. The van der Waals surface area contributed by atoms with E-state index >= 15 is 0 Å². The van der Waals surface area contributed by atoms with Crippen LogP contribution >= 0.6 is 0 Å². The third kappa shape index (κ3) is 2.35. The van der Waals surface area contributed by atoms with Crippen molar-refractivity contribution in [1.82, 2.24) is 4.57 Å². The van der Waals surface area contributed by atoms with Crippen molar-refractivity contribution in [2.75, 3.05) is 7.11 Å².